The summed E-state index contributed by atoms with van der Waals surface area (Å²) in [6, 6.07) is 33.9. The van der Waals surface area contributed by atoms with Gasteiger partial charge in [0.1, 0.15) is 5.03 Å². The van der Waals surface area contributed by atoms with E-state index in [2.05, 4.69) is 21.8 Å². The van der Waals surface area contributed by atoms with Gasteiger partial charge in [0.05, 0.1) is 5.69 Å². The average molecular weight is 534 g/mol. The second-order valence-corrected chi connectivity index (χ2v) is 9.97. The quantitative estimate of drug-likeness (QED) is 0.220. The van der Waals surface area contributed by atoms with Crippen LogP contribution in [0.3, 0.4) is 0 Å². The van der Waals surface area contributed by atoms with E-state index in [1.165, 1.54) is 11.9 Å². The monoisotopic (exact) mass is 532 g/mol. The Balaban J connectivity index is 1.72. The van der Waals surface area contributed by atoms with Gasteiger partial charge in [0.25, 0.3) is 0 Å². The Morgan fingerprint density at radius 1 is 0.543 bits per heavy atom. The van der Waals surface area contributed by atoms with Crippen LogP contribution < -0.4 is 4.72 Å². The lowest BCUT2D eigenvalue weighted by atomic mass is 9.91. The molecule has 1 aromatic heterocycles. The molecule has 0 spiro atoms. The molecule has 6 heteroatoms. The molecule has 0 saturated heterocycles. The highest BCUT2D eigenvalue weighted by Crippen LogP contribution is 2.43. The van der Waals surface area contributed by atoms with Crippen LogP contribution >= 0.6 is 46.8 Å². The molecule has 1 heterocycles. The van der Waals surface area contributed by atoms with Crippen LogP contribution in [0.5, 0.6) is 0 Å². The number of anilines is 1. The summed E-state index contributed by atoms with van der Waals surface area (Å²) in [6.45, 7) is 0. The minimum Gasteiger partial charge on any atom is -0.323 e. The SMILES string of the molecule is Clc1ccc(-c2cc(-c3ccc(Cl)cc3)c(NSc3ccccn3)c(-c3ccc(Cl)cc3)c2)cc1. The van der Waals surface area contributed by atoms with E-state index in [0.29, 0.717) is 15.1 Å². The summed E-state index contributed by atoms with van der Waals surface area (Å²) >= 11 is 20.1. The van der Waals surface area contributed by atoms with Crippen molar-refractivity contribution in [3.8, 4) is 33.4 Å². The Kier molecular flexibility index (Phi) is 7.31. The fraction of sp³-hybridized carbons (Fsp3) is 0. The molecule has 0 atom stereocenters. The van der Waals surface area contributed by atoms with Crippen molar-refractivity contribution in [3.05, 3.63) is 124 Å². The van der Waals surface area contributed by atoms with E-state index in [4.69, 9.17) is 34.8 Å². The predicted octanol–water partition coefficient (Wildman–Crippen LogP) is 10.2. The molecule has 1 N–H and O–H groups in total. The summed E-state index contributed by atoms with van der Waals surface area (Å²) in [7, 11) is 0. The van der Waals surface area contributed by atoms with Crippen LogP contribution in [0.2, 0.25) is 15.1 Å². The van der Waals surface area contributed by atoms with E-state index < -0.39 is 0 Å². The van der Waals surface area contributed by atoms with Gasteiger partial charge in [-0.25, -0.2) is 4.98 Å². The standard InChI is InChI=1S/C29H19Cl3N2S/c30-23-10-4-19(5-11-23)22-17-26(20-6-12-24(31)13-7-20)29(34-35-28-3-1-2-16-33-28)27(18-22)21-8-14-25(32)15-9-21/h1-18,34H. The summed E-state index contributed by atoms with van der Waals surface area (Å²) < 4.78 is 3.58. The Bertz CT molecular complexity index is 1370. The first-order valence-electron chi connectivity index (χ1n) is 10.9. The Hall–Kier alpha value is -2.95. The molecule has 35 heavy (non-hydrogen) atoms. The molecule has 0 fully saturated rings. The highest BCUT2D eigenvalue weighted by atomic mass is 35.5. The van der Waals surface area contributed by atoms with Crippen molar-refractivity contribution < 1.29 is 0 Å². The summed E-state index contributed by atoms with van der Waals surface area (Å²) in [6.07, 6.45) is 1.79. The first kappa shape index (κ1) is 23.8. The molecule has 0 aliphatic rings. The zero-order valence-corrected chi connectivity index (χ0v) is 21.5. The number of halogens is 3. The molecule has 0 aliphatic heterocycles. The van der Waals surface area contributed by atoms with Crippen LogP contribution in [0.1, 0.15) is 0 Å². The van der Waals surface area contributed by atoms with Crippen molar-refractivity contribution in [2.45, 2.75) is 5.03 Å². The minimum absolute atomic E-state index is 0.693. The van der Waals surface area contributed by atoms with E-state index in [-0.39, 0.29) is 0 Å². The normalized spacial score (nSPS) is 10.8. The van der Waals surface area contributed by atoms with Crippen molar-refractivity contribution in [3.63, 3.8) is 0 Å². The molecule has 172 valence electrons. The van der Waals surface area contributed by atoms with Gasteiger partial charge in [0.15, 0.2) is 0 Å². The third-order valence-electron chi connectivity index (χ3n) is 5.52. The summed E-state index contributed by atoms with van der Waals surface area (Å²) in [5.41, 5.74) is 7.30. The smallest absolute Gasteiger partial charge is 0.116 e. The molecule has 5 rings (SSSR count). The molecule has 0 amide bonds. The molecule has 0 saturated carbocycles. The minimum atomic E-state index is 0.693. The summed E-state index contributed by atoms with van der Waals surface area (Å²) in [5.74, 6) is 0. The fourth-order valence-electron chi connectivity index (χ4n) is 3.79. The number of benzene rings is 4. The second-order valence-electron chi connectivity index (χ2n) is 7.84. The van der Waals surface area contributed by atoms with Crippen molar-refractivity contribution in [2.24, 2.45) is 0 Å². The van der Waals surface area contributed by atoms with Crippen LogP contribution in [-0.2, 0) is 0 Å². The van der Waals surface area contributed by atoms with E-state index >= 15 is 0 Å². The lowest BCUT2D eigenvalue weighted by molar-refractivity contribution is 1.14. The van der Waals surface area contributed by atoms with Crippen molar-refractivity contribution >= 4 is 52.4 Å². The van der Waals surface area contributed by atoms with Gasteiger partial charge >= 0.3 is 0 Å². The van der Waals surface area contributed by atoms with E-state index in [1.807, 2.05) is 91.0 Å². The number of aromatic nitrogens is 1. The van der Waals surface area contributed by atoms with Crippen molar-refractivity contribution in [1.82, 2.24) is 4.98 Å². The summed E-state index contributed by atoms with van der Waals surface area (Å²) in [4.78, 5) is 4.45. The van der Waals surface area contributed by atoms with E-state index in [1.54, 1.807) is 6.20 Å². The molecule has 0 bridgehead atoms. The van der Waals surface area contributed by atoms with E-state index in [0.717, 1.165) is 44.1 Å². The Morgan fingerprint density at radius 2 is 1.03 bits per heavy atom. The number of nitrogens with zero attached hydrogens (tertiary/aromatic N) is 1. The molecular weight excluding hydrogens is 515 g/mol. The van der Waals surface area contributed by atoms with Crippen molar-refractivity contribution in [1.29, 1.82) is 0 Å². The highest BCUT2D eigenvalue weighted by molar-refractivity contribution is 8.00. The maximum Gasteiger partial charge on any atom is 0.116 e. The van der Waals surface area contributed by atoms with Crippen molar-refractivity contribution in [2.75, 3.05) is 4.72 Å². The number of pyridine rings is 1. The lowest BCUT2D eigenvalue weighted by Crippen LogP contribution is -1.97. The maximum absolute atomic E-state index is 6.21. The average Bonchev–Trinajstić information content (AvgIpc) is 2.89. The highest BCUT2D eigenvalue weighted by Gasteiger charge is 2.16. The zero-order chi connectivity index (χ0) is 24.2. The maximum atomic E-state index is 6.21. The van der Waals surface area contributed by atoms with Crippen LogP contribution in [0.15, 0.2) is 114 Å². The van der Waals surface area contributed by atoms with Gasteiger partial charge < -0.3 is 4.72 Å². The molecule has 0 radical (unpaired) electrons. The van der Waals surface area contributed by atoms with Crippen LogP contribution in [0.25, 0.3) is 33.4 Å². The number of rotatable bonds is 6. The molecule has 2 nitrogen and oxygen atoms in total. The molecule has 0 unspecified atom stereocenters. The van der Waals surface area contributed by atoms with Gasteiger partial charge in [-0.15, -0.1) is 0 Å². The van der Waals surface area contributed by atoms with Crippen LogP contribution in [0.4, 0.5) is 5.69 Å². The Labute approximate surface area is 224 Å². The third-order valence-corrected chi connectivity index (χ3v) is 7.03. The topological polar surface area (TPSA) is 24.9 Å². The second kappa shape index (κ2) is 10.8. The molecule has 0 aliphatic carbocycles. The largest absolute Gasteiger partial charge is 0.323 e. The van der Waals surface area contributed by atoms with Gasteiger partial charge in [-0.1, -0.05) is 77.3 Å². The van der Waals surface area contributed by atoms with Gasteiger partial charge in [0.2, 0.25) is 0 Å². The van der Waals surface area contributed by atoms with E-state index in [9.17, 15) is 0 Å². The first-order chi connectivity index (χ1) is 17.1. The fourth-order valence-corrected chi connectivity index (χ4v) is 4.85. The van der Waals surface area contributed by atoms with Gasteiger partial charge in [-0.3, -0.25) is 0 Å². The molecule has 4 aromatic carbocycles. The van der Waals surface area contributed by atoms with Gasteiger partial charge in [-0.05, 0) is 82.9 Å². The molecule has 5 aromatic rings. The van der Waals surface area contributed by atoms with Crippen LogP contribution in [-0.4, -0.2) is 4.98 Å². The van der Waals surface area contributed by atoms with Crippen LogP contribution in [0, 0.1) is 0 Å². The van der Waals surface area contributed by atoms with Gasteiger partial charge in [-0.2, -0.15) is 0 Å². The van der Waals surface area contributed by atoms with Gasteiger partial charge in [0, 0.05) is 44.3 Å². The third kappa shape index (κ3) is 5.66. The molecular formula is C29H19Cl3N2S. The number of nitrogens with one attached hydrogen (secondary N) is 1. The summed E-state index contributed by atoms with van der Waals surface area (Å²) in [5, 5.41) is 2.96. The predicted molar refractivity (Wildman–Crippen MR) is 151 cm³/mol. The number of hydrogen-bond donors (Lipinski definition) is 1. The lowest BCUT2D eigenvalue weighted by Gasteiger charge is -2.19. The first-order valence-corrected chi connectivity index (χ1v) is 12.8. The number of hydrogen-bond acceptors (Lipinski definition) is 3. The zero-order valence-electron chi connectivity index (χ0n) is 18.4. The Morgan fingerprint density at radius 3 is 1.49 bits per heavy atom.